The molecule has 0 aliphatic rings. The van der Waals surface area contributed by atoms with Crippen molar-refractivity contribution in [2.24, 2.45) is 0 Å². The lowest BCUT2D eigenvalue weighted by molar-refractivity contribution is 0.0631. The van der Waals surface area contributed by atoms with Crippen LogP contribution in [0.3, 0.4) is 0 Å². The summed E-state index contributed by atoms with van der Waals surface area (Å²) in [5.74, 6) is 0. The maximum Gasteiger partial charge on any atom is 0.306 e. The largest absolute Gasteiger partial charge is 0.464 e. The molecule has 0 rings (SSSR count). The lowest BCUT2D eigenvalue weighted by Crippen LogP contribution is -2.51. The minimum absolute atomic E-state index is 0.431. The summed E-state index contributed by atoms with van der Waals surface area (Å²) in [5.41, 5.74) is -2.02. The summed E-state index contributed by atoms with van der Waals surface area (Å²) in [7, 11) is -2.85. The SMILES string of the molecule is CC(C)(C)OC(=O)[Si](C)(C)C(=O)OC(C)(C)C. The maximum absolute atomic E-state index is 11.9. The maximum atomic E-state index is 11.9. The smallest absolute Gasteiger partial charge is 0.306 e. The first-order valence-corrected chi connectivity index (χ1v) is 8.72. The summed E-state index contributed by atoms with van der Waals surface area (Å²) in [6, 6.07) is 0. The molecule has 100 valence electrons. The third kappa shape index (κ3) is 5.86. The molecule has 0 heterocycles. The predicted octanol–water partition coefficient (Wildman–Crippen LogP) is 3.73. The quantitative estimate of drug-likeness (QED) is 0.710. The van der Waals surface area contributed by atoms with Crippen LogP contribution in [0.25, 0.3) is 0 Å². The molecule has 0 atom stereocenters. The van der Waals surface area contributed by atoms with E-state index in [9.17, 15) is 9.59 Å². The number of carbonyl (C=O) groups is 2. The van der Waals surface area contributed by atoms with Gasteiger partial charge in [0.1, 0.15) is 11.2 Å². The summed E-state index contributed by atoms with van der Waals surface area (Å²) >= 11 is 0. The van der Waals surface area contributed by atoms with Crippen molar-refractivity contribution >= 4 is 19.3 Å². The first-order valence-electron chi connectivity index (χ1n) is 5.72. The minimum Gasteiger partial charge on any atom is -0.464 e. The van der Waals surface area contributed by atoms with Crippen LogP contribution in [-0.4, -0.2) is 30.5 Å². The highest BCUT2D eigenvalue weighted by molar-refractivity contribution is 7.22. The van der Waals surface area contributed by atoms with Crippen molar-refractivity contribution in [1.29, 1.82) is 0 Å². The minimum atomic E-state index is -2.85. The second-order valence-electron chi connectivity index (χ2n) is 6.63. The van der Waals surface area contributed by atoms with Gasteiger partial charge in [0.15, 0.2) is 0 Å². The highest BCUT2D eigenvalue weighted by atomic mass is 28.3. The molecule has 0 amide bonds. The molecule has 0 spiro atoms. The predicted molar refractivity (Wildman–Crippen MR) is 70.0 cm³/mol. The van der Waals surface area contributed by atoms with Gasteiger partial charge in [0.25, 0.3) is 11.2 Å². The van der Waals surface area contributed by atoms with E-state index in [4.69, 9.17) is 9.47 Å². The molecule has 0 aliphatic heterocycles. The van der Waals surface area contributed by atoms with E-state index in [2.05, 4.69) is 0 Å². The Hall–Kier alpha value is -0.843. The van der Waals surface area contributed by atoms with Crippen LogP contribution < -0.4 is 0 Å². The summed E-state index contributed by atoms with van der Waals surface area (Å²) in [6.07, 6.45) is 0. The fourth-order valence-corrected chi connectivity index (χ4v) is 2.18. The Morgan fingerprint density at radius 2 is 1.00 bits per heavy atom. The molecular weight excluding hydrogens is 236 g/mol. The molecule has 5 heteroatoms. The van der Waals surface area contributed by atoms with Crippen LogP contribution in [-0.2, 0) is 9.47 Å². The van der Waals surface area contributed by atoms with E-state index in [1.807, 2.05) is 0 Å². The van der Waals surface area contributed by atoms with Gasteiger partial charge in [0.05, 0.1) is 0 Å². The van der Waals surface area contributed by atoms with E-state index in [0.29, 0.717) is 0 Å². The van der Waals surface area contributed by atoms with Gasteiger partial charge in [-0.25, -0.2) is 0 Å². The Morgan fingerprint density at radius 3 is 1.18 bits per heavy atom. The molecule has 0 N–H and O–H groups in total. The van der Waals surface area contributed by atoms with Crippen LogP contribution in [0.4, 0.5) is 9.59 Å². The Balaban J connectivity index is 4.78. The van der Waals surface area contributed by atoms with Crippen LogP contribution >= 0.6 is 0 Å². The van der Waals surface area contributed by atoms with Crippen LogP contribution in [0.5, 0.6) is 0 Å². The topological polar surface area (TPSA) is 52.6 Å². The number of hydrogen-bond acceptors (Lipinski definition) is 4. The summed E-state index contributed by atoms with van der Waals surface area (Å²) < 4.78 is 10.5. The zero-order chi connectivity index (χ0) is 14.1. The van der Waals surface area contributed by atoms with Gasteiger partial charge in [-0.3, -0.25) is 9.59 Å². The number of rotatable bonds is 2. The van der Waals surface area contributed by atoms with Gasteiger partial charge in [0.2, 0.25) is 0 Å². The fraction of sp³-hybridized carbons (Fsp3) is 0.833. The Morgan fingerprint density at radius 1 is 0.765 bits per heavy atom. The molecule has 0 saturated heterocycles. The van der Waals surface area contributed by atoms with Gasteiger partial charge in [-0.05, 0) is 54.6 Å². The molecule has 0 saturated carbocycles. The standard InChI is InChI=1S/C12H24O4Si/c1-11(2,3)15-9(13)17(7,8)10(14)16-12(4,5)6/h1-8H3. The van der Waals surface area contributed by atoms with Crippen molar-refractivity contribution in [3.05, 3.63) is 0 Å². The van der Waals surface area contributed by atoms with Crippen LogP contribution in [0, 0.1) is 0 Å². The van der Waals surface area contributed by atoms with Gasteiger partial charge >= 0.3 is 8.07 Å². The number of carbonyl (C=O) groups excluding carboxylic acids is 2. The number of hydrogen-bond donors (Lipinski definition) is 0. The third-order valence-corrected chi connectivity index (χ3v) is 4.06. The lowest BCUT2D eigenvalue weighted by Gasteiger charge is -2.28. The first-order chi connectivity index (χ1) is 7.26. The zero-order valence-electron chi connectivity index (χ0n) is 12.1. The Labute approximate surface area is 105 Å². The normalized spacial score (nSPS) is 13.2. The number of ether oxygens (including phenoxy) is 2. The summed E-state index contributed by atoms with van der Waals surface area (Å²) in [5, 5.41) is 0. The molecule has 0 unspecified atom stereocenters. The van der Waals surface area contributed by atoms with Crippen LogP contribution in [0.2, 0.25) is 13.1 Å². The zero-order valence-corrected chi connectivity index (χ0v) is 13.1. The van der Waals surface area contributed by atoms with Gasteiger partial charge < -0.3 is 9.47 Å². The molecule has 0 aliphatic carbocycles. The van der Waals surface area contributed by atoms with Gasteiger partial charge in [-0.1, -0.05) is 0 Å². The molecule has 4 nitrogen and oxygen atoms in total. The van der Waals surface area contributed by atoms with Crippen molar-refractivity contribution in [3.8, 4) is 0 Å². The molecule has 0 radical (unpaired) electrons. The first kappa shape index (κ1) is 16.2. The van der Waals surface area contributed by atoms with E-state index in [0.717, 1.165) is 0 Å². The molecule has 0 bridgehead atoms. The van der Waals surface area contributed by atoms with Gasteiger partial charge in [0, 0.05) is 0 Å². The third-order valence-electron chi connectivity index (χ3n) is 1.82. The summed E-state index contributed by atoms with van der Waals surface area (Å²) in [4.78, 5) is 23.9. The van der Waals surface area contributed by atoms with Crippen molar-refractivity contribution in [3.63, 3.8) is 0 Å². The van der Waals surface area contributed by atoms with E-state index >= 15 is 0 Å². The van der Waals surface area contributed by atoms with Crippen molar-refractivity contribution < 1.29 is 19.1 Å². The second kappa shape index (κ2) is 4.80. The fourth-order valence-electron chi connectivity index (χ4n) is 0.895. The van der Waals surface area contributed by atoms with Crippen LogP contribution in [0.1, 0.15) is 41.5 Å². The van der Waals surface area contributed by atoms with E-state index in [1.165, 1.54) is 0 Å². The molecule has 0 fully saturated rings. The molecular formula is C12H24O4Si. The van der Waals surface area contributed by atoms with Crippen molar-refractivity contribution in [2.75, 3.05) is 0 Å². The second-order valence-corrected chi connectivity index (χ2v) is 10.7. The monoisotopic (exact) mass is 260 g/mol. The molecule has 0 aromatic rings. The molecule has 0 aromatic carbocycles. The van der Waals surface area contributed by atoms with Gasteiger partial charge in [-0.15, -0.1) is 0 Å². The average Bonchev–Trinajstić information content (AvgIpc) is 1.96. The highest BCUT2D eigenvalue weighted by Crippen LogP contribution is 2.19. The van der Waals surface area contributed by atoms with E-state index in [-0.39, 0.29) is 0 Å². The lowest BCUT2D eigenvalue weighted by atomic mass is 10.2. The molecule has 0 aromatic heterocycles. The molecule has 17 heavy (non-hydrogen) atoms. The Kier molecular flexibility index (Phi) is 4.56. The van der Waals surface area contributed by atoms with Gasteiger partial charge in [-0.2, -0.15) is 0 Å². The van der Waals surface area contributed by atoms with E-state index < -0.39 is 30.5 Å². The van der Waals surface area contributed by atoms with Crippen molar-refractivity contribution in [1.82, 2.24) is 0 Å². The van der Waals surface area contributed by atoms with E-state index in [1.54, 1.807) is 54.6 Å². The summed E-state index contributed by atoms with van der Waals surface area (Å²) in [6.45, 7) is 14.0. The Bertz CT molecular complexity index is 277. The van der Waals surface area contributed by atoms with Crippen LogP contribution in [0.15, 0.2) is 0 Å². The average molecular weight is 260 g/mol. The van der Waals surface area contributed by atoms with Crippen molar-refractivity contribution in [2.45, 2.75) is 65.8 Å². The highest BCUT2D eigenvalue weighted by Gasteiger charge is 2.46.